The molecule has 0 aromatic heterocycles. The first-order chi connectivity index (χ1) is 9.11. The van der Waals surface area contributed by atoms with Crippen molar-refractivity contribution >= 4 is 11.6 Å². The van der Waals surface area contributed by atoms with Crippen molar-refractivity contribution in [3.8, 4) is 6.07 Å². The van der Waals surface area contributed by atoms with E-state index in [9.17, 15) is 5.26 Å². The number of benzene rings is 2. The molecule has 19 heavy (non-hydrogen) atoms. The van der Waals surface area contributed by atoms with Gasteiger partial charge < -0.3 is 0 Å². The minimum absolute atomic E-state index is 0.153. The molecule has 2 aromatic carbocycles. The van der Waals surface area contributed by atoms with E-state index in [1.54, 1.807) is 0 Å². The van der Waals surface area contributed by atoms with E-state index in [4.69, 9.17) is 11.6 Å². The van der Waals surface area contributed by atoms with Gasteiger partial charge in [-0.1, -0.05) is 53.6 Å². The fraction of sp³-hybridized carbons (Fsp3) is 0.235. The summed E-state index contributed by atoms with van der Waals surface area (Å²) in [6, 6.07) is 16.4. The smallest absolute Gasteiger partial charge is 0.0756 e. The molecule has 0 radical (unpaired) electrons. The first kappa shape index (κ1) is 13.6. The Labute approximate surface area is 119 Å². The number of nitriles is 1. The van der Waals surface area contributed by atoms with Crippen molar-refractivity contribution in [3.05, 3.63) is 69.7 Å². The lowest BCUT2D eigenvalue weighted by atomic mass is 9.89. The molecule has 1 nitrogen and oxygen atoms in total. The van der Waals surface area contributed by atoms with Crippen LogP contribution < -0.4 is 0 Å². The van der Waals surface area contributed by atoms with Crippen molar-refractivity contribution in [2.24, 2.45) is 0 Å². The van der Waals surface area contributed by atoms with Crippen LogP contribution in [-0.4, -0.2) is 0 Å². The summed E-state index contributed by atoms with van der Waals surface area (Å²) < 4.78 is 0. The second kappa shape index (κ2) is 5.91. The molecule has 0 saturated heterocycles. The van der Waals surface area contributed by atoms with Gasteiger partial charge in [-0.2, -0.15) is 5.26 Å². The Bertz CT molecular complexity index is 625. The molecule has 0 fully saturated rings. The van der Waals surface area contributed by atoms with Crippen molar-refractivity contribution in [1.29, 1.82) is 5.26 Å². The lowest BCUT2D eigenvalue weighted by Crippen LogP contribution is -2.03. The van der Waals surface area contributed by atoms with Gasteiger partial charge in [0, 0.05) is 5.02 Å². The lowest BCUT2D eigenvalue weighted by molar-refractivity contribution is 0.840. The topological polar surface area (TPSA) is 23.8 Å². The predicted octanol–water partition coefficient (Wildman–Crippen LogP) is 4.81. The molecule has 0 aliphatic rings. The maximum atomic E-state index is 9.45. The van der Waals surface area contributed by atoms with Gasteiger partial charge in [-0.15, -0.1) is 0 Å². The van der Waals surface area contributed by atoms with E-state index in [1.807, 2.05) is 38.1 Å². The Balaban J connectivity index is 2.34. The molecule has 0 aliphatic carbocycles. The van der Waals surface area contributed by atoms with Crippen LogP contribution in [0.3, 0.4) is 0 Å². The van der Waals surface area contributed by atoms with Gasteiger partial charge in [0.1, 0.15) is 0 Å². The van der Waals surface area contributed by atoms with Crippen LogP contribution in [0.15, 0.2) is 42.5 Å². The van der Waals surface area contributed by atoms with Gasteiger partial charge in [-0.05, 0) is 43.0 Å². The minimum atomic E-state index is -0.153. The maximum absolute atomic E-state index is 9.45. The van der Waals surface area contributed by atoms with Crippen molar-refractivity contribution in [2.75, 3.05) is 0 Å². The van der Waals surface area contributed by atoms with E-state index < -0.39 is 0 Å². The fourth-order valence-corrected chi connectivity index (χ4v) is 2.46. The SMILES string of the molecule is Cc1ccc(C)c(C(C#N)Cc2ccccc2Cl)c1. The maximum Gasteiger partial charge on any atom is 0.0756 e. The highest BCUT2D eigenvalue weighted by molar-refractivity contribution is 6.31. The molecule has 0 amide bonds. The highest BCUT2D eigenvalue weighted by Crippen LogP contribution is 2.27. The van der Waals surface area contributed by atoms with E-state index >= 15 is 0 Å². The van der Waals surface area contributed by atoms with Gasteiger partial charge in [0.05, 0.1) is 12.0 Å². The van der Waals surface area contributed by atoms with Gasteiger partial charge in [0.25, 0.3) is 0 Å². The molecular weight excluding hydrogens is 254 g/mol. The van der Waals surface area contributed by atoms with Crippen LogP contribution in [0.4, 0.5) is 0 Å². The third kappa shape index (κ3) is 3.16. The van der Waals surface area contributed by atoms with Gasteiger partial charge in [-0.3, -0.25) is 0 Å². The van der Waals surface area contributed by atoms with Gasteiger partial charge in [0.2, 0.25) is 0 Å². The molecule has 96 valence electrons. The van der Waals surface area contributed by atoms with Gasteiger partial charge >= 0.3 is 0 Å². The number of hydrogen-bond acceptors (Lipinski definition) is 1. The zero-order valence-corrected chi connectivity index (χ0v) is 11.9. The monoisotopic (exact) mass is 269 g/mol. The number of hydrogen-bond donors (Lipinski definition) is 0. The second-order valence-corrected chi connectivity index (χ2v) is 5.24. The lowest BCUT2D eigenvalue weighted by Gasteiger charge is -2.14. The molecule has 2 heteroatoms. The van der Waals surface area contributed by atoms with Crippen molar-refractivity contribution in [3.63, 3.8) is 0 Å². The average molecular weight is 270 g/mol. The molecule has 0 spiro atoms. The average Bonchev–Trinajstić information content (AvgIpc) is 2.41. The van der Waals surface area contributed by atoms with Crippen LogP contribution in [0, 0.1) is 25.2 Å². The molecule has 0 bridgehead atoms. The number of nitrogens with zero attached hydrogens (tertiary/aromatic N) is 1. The first-order valence-corrected chi connectivity index (χ1v) is 6.70. The fourth-order valence-electron chi connectivity index (χ4n) is 2.24. The van der Waals surface area contributed by atoms with Crippen LogP contribution in [0.25, 0.3) is 0 Å². The van der Waals surface area contributed by atoms with Crippen LogP contribution in [0.5, 0.6) is 0 Å². The van der Waals surface area contributed by atoms with Crippen LogP contribution in [0.2, 0.25) is 5.02 Å². The molecule has 1 atom stereocenters. The Kier molecular flexibility index (Phi) is 4.24. The van der Waals surface area contributed by atoms with Crippen molar-refractivity contribution < 1.29 is 0 Å². The molecule has 0 N–H and O–H groups in total. The third-order valence-electron chi connectivity index (χ3n) is 3.35. The van der Waals surface area contributed by atoms with Crippen LogP contribution in [-0.2, 0) is 6.42 Å². The summed E-state index contributed by atoms with van der Waals surface area (Å²) in [7, 11) is 0. The quantitative estimate of drug-likeness (QED) is 0.785. The summed E-state index contributed by atoms with van der Waals surface area (Å²) in [5.74, 6) is -0.153. The summed E-state index contributed by atoms with van der Waals surface area (Å²) in [4.78, 5) is 0. The van der Waals surface area contributed by atoms with E-state index in [0.717, 1.165) is 21.7 Å². The summed E-state index contributed by atoms with van der Waals surface area (Å²) in [5.41, 5.74) is 4.46. The zero-order chi connectivity index (χ0) is 13.8. The molecule has 2 aromatic rings. The zero-order valence-electron chi connectivity index (χ0n) is 11.2. The summed E-state index contributed by atoms with van der Waals surface area (Å²) in [6.07, 6.45) is 0.653. The molecule has 2 rings (SSSR count). The Morgan fingerprint density at radius 3 is 2.58 bits per heavy atom. The highest BCUT2D eigenvalue weighted by Gasteiger charge is 2.15. The normalized spacial score (nSPS) is 11.9. The standard InChI is InChI=1S/C17H16ClN/c1-12-7-8-13(2)16(9-12)15(11-19)10-14-5-3-4-6-17(14)18/h3-9,15H,10H2,1-2H3. The largest absolute Gasteiger partial charge is 0.198 e. The summed E-state index contributed by atoms with van der Waals surface area (Å²) >= 11 is 6.17. The predicted molar refractivity (Wildman–Crippen MR) is 79.4 cm³/mol. The van der Waals surface area contributed by atoms with Crippen molar-refractivity contribution in [2.45, 2.75) is 26.2 Å². The molecule has 0 aliphatic heterocycles. The first-order valence-electron chi connectivity index (χ1n) is 6.32. The van der Waals surface area contributed by atoms with E-state index in [0.29, 0.717) is 6.42 Å². The Morgan fingerprint density at radius 1 is 1.16 bits per heavy atom. The van der Waals surface area contributed by atoms with Crippen LogP contribution >= 0.6 is 11.6 Å². The summed E-state index contributed by atoms with van der Waals surface area (Å²) in [5, 5.41) is 10.2. The van der Waals surface area contributed by atoms with E-state index in [-0.39, 0.29) is 5.92 Å². The second-order valence-electron chi connectivity index (χ2n) is 4.84. The Hall–Kier alpha value is -1.78. The third-order valence-corrected chi connectivity index (χ3v) is 3.72. The van der Waals surface area contributed by atoms with E-state index in [1.165, 1.54) is 5.56 Å². The number of aryl methyl sites for hydroxylation is 2. The molecule has 0 saturated carbocycles. The molecule has 1 unspecified atom stereocenters. The summed E-state index contributed by atoms with van der Waals surface area (Å²) in [6.45, 7) is 4.10. The molecule has 0 heterocycles. The number of rotatable bonds is 3. The van der Waals surface area contributed by atoms with Crippen molar-refractivity contribution in [1.82, 2.24) is 0 Å². The minimum Gasteiger partial charge on any atom is -0.198 e. The molecular formula is C17H16ClN. The van der Waals surface area contributed by atoms with Crippen LogP contribution in [0.1, 0.15) is 28.2 Å². The van der Waals surface area contributed by atoms with Gasteiger partial charge in [-0.25, -0.2) is 0 Å². The number of halogens is 1. The Morgan fingerprint density at radius 2 is 1.89 bits per heavy atom. The van der Waals surface area contributed by atoms with E-state index in [2.05, 4.69) is 24.3 Å². The highest BCUT2D eigenvalue weighted by atomic mass is 35.5. The van der Waals surface area contributed by atoms with Gasteiger partial charge in [0.15, 0.2) is 0 Å².